The van der Waals surface area contributed by atoms with Gasteiger partial charge >= 0.3 is 0 Å². The Kier molecular flexibility index (Phi) is 5.94. The van der Waals surface area contributed by atoms with E-state index in [9.17, 15) is 4.79 Å². The molecule has 3 nitrogen and oxygen atoms in total. The lowest BCUT2D eigenvalue weighted by atomic mass is 10.1. The van der Waals surface area contributed by atoms with Gasteiger partial charge in [0.25, 0.3) is 0 Å². The fourth-order valence-electron chi connectivity index (χ4n) is 1.36. The summed E-state index contributed by atoms with van der Waals surface area (Å²) in [5, 5.41) is 8.78. The number of hydrogen-bond acceptors (Lipinski definition) is 2. The van der Waals surface area contributed by atoms with E-state index < -0.39 is 5.92 Å². The standard InChI is InChI=1S/C11H20N2O/c1-5-10(7-12)11(14)13(6-2)8-9(3)4/h9-10H,5-6,8H2,1-4H3. The lowest BCUT2D eigenvalue weighted by Gasteiger charge is -2.24. The minimum Gasteiger partial charge on any atom is -0.342 e. The number of nitrogens with zero attached hydrogens (tertiary/aromatic N) is 2. The molecule has 0 N–H and O–H groups in total. The van der Waals surface area contributed by atoms with Crippen molar-refractivity contribution in [3.05, 3.63) is 0 Å². The lowest BCUT2D eigenvalue weighted by Crippen LogP contribution is -2.37. The van der Waals surface area contributed by atoms with E-state index in [2.05, 4.69) is 13.8 Å². The maximum atomic E-state index is 11.8. The first kappa shape index (κ1) is 13.0. The van der Waals surface area contributed by atoms with Gasteiger partial charge in [0.05, 0.1) is 6.07 Å². The molecule has 0 radical (unpaired) electrons. The van der Waals surface area contributed by atoms with Crippen LogP contribution < -0.4 is 0 Å². The Balaban J connectivity index is 4.38. The molecular weight excluding hydrogens is 176 g/mol. The van der Waals surface area contributed by atoms with E-state index in [1.807, 2.05) is 19.9 Å². The van der Waals surface area contributed by atoms with Crippen molar-refractivity contribution >= 4 is 5.91 Å². The quantitative estimate of drug-likeness (QED) is 0.675. The largest absolute Gasteiger partial charge is 0.342 e. The predicted octanol–water partition coefficient (Wildman–Crippen LogP) is 2.04. The number of amides is 1. The summed E-state index contributed by atoms with van der Waals surface area (Å²) in [6, 6.07) is 2.05. The molecule has 1 amide bonds. The van der Waals surface area contributed by atoms with Gasteiger partial charge in [0.1, 0.15) is 5.92 Å². The van der Waals surface area contributed by atoms with E-state index in [4.69, 9.17) is 5.26 Å². The van der Waals surface area contributed by atoms with Crippen LogP contribution in [0.15, 0.2) is 0 Å². The first-order valence-corrected chi connectivity index (χ1v) is 5.25. The molecule has 1 unspecified atom stereocenters. The highest BCUT2D eigenvalue weighted by molar-refractivity contribution is 5.81. The molecule has 0 aromatic heterocycles. The Morgan fingerprint density at radius 3 is 2.29 bits per heavy atom. The van der Waals surface area contributed by atoms with Gasteiger partial charge in [-0.05, 0) is 19.3 Å². The van der Waals surface area contributed by atoms with Gasteiger partial charge in [0.2, 0.25) is 5.91 Å². The Hall–Kier alpha value is -1.04. The van der Waals surface area contributed by atoms with Gasteiger partial charge in [-0.25, -0.2) is 0 Å². The zero-order chi connectivity index (χ0) is 11.1. The maximum Gasteiger partial charge on any atom is 0.239 e. The Labute approximate surface area is 86.7 Å². The highest BCUT2D eigenvalue weighted by atomic mass is 16.2. The first-order chi connectivity index (χ1) is 6.56. The Morgan fingerprint density at radius 1 is 1.43 bits per heavy atom. The molecule has 0 aliphatic carbocycles. The second kappa shape index (κ2) is 6.42. The molecule has 14 heavy (non-hydrogen) atoms. The summed E-state index contributed by atoms with van der Waals surface area (Å²) in [7, 11) is 0. The smallest absolute Gasteiger partial charge is 0.239 e. The summed E-state index contributed by atoms with van der Waals surface area (Å²) in [6.45, 7) is 9.40. The van der Waals surface area contributed by atoms with Crippen LogP contribution in [-0.2, 0) is 4.79 Å². The van der Waals surface area contributed by atoms with Crippen LogP contribution in [0.2, 0.25) is 0 Å². The van der Waals surface area contributed by atoms with Crippen LogP contribution in [-0.4, -0.2) is 23.9 Å². The van der Waals surface area contributed by atoms with Crippen LogP contribution in [0.5, 0.6) is 0 Å². The van der Waals surface area contributed by atoms with Crippen LogP contribution in [0.25, 0.3) is 0 Å². The molecule has 80 valence electrons. The third-order valence-corrected chi connectivity index (χ3v) is 2.14. The molecule has 0 saturated carbocycles. The summed E-state index contributed by atoms with van der Waals surface area (Å²) in [5.74, 6) is -0.0324. The summed E-state index contributed by atoms with van der Waals surface area (Å²) in [4.78, 5) is 13.5. The molecule has 0 bridgehead atoms. The van der Waals surface area contributed by atoms with E-state index in [0.29, 0.717) is 18.9 Å². The second-order valence-electron chi connectivity index (χ2n) is 3.86. The van der Waals surface area contributed by atoms with Gasteiger partial charge in [-0.1, -0.05) is 20.8 Å². The molecule has 0 fully saturated rings. The molecule has 0 aliphatic heterocycles. The molecule has 0 aromatic rings. The maximum absolute atomic E-state index is 11.8. The number of carbonyl (C=O) groups is 1. The Morgan fingerprint density at radius 2 is 2.00 bits per heavy atom. The third kappa shape index (κ3) is 3.78. The van der Waals surface area contributed by atoms with Crippen molar-refractivity contribution in [2.75, 3.05) is 13.1 Å². The molecule has 3 heteroatoms. The normalized spacial score (nSPS) is 12.3. The van der Waals surface area contributed by atoms with Gasteiger partial charge < -0.3 is 4.90 Å². The highest BCUT2D eigenvalue weighted by Gasteiger charge is 2.21. The molecule has 0 heterocycles. The van der Waals surface area contributed by atoms with Crippen LogP contribution in [0.1, 0.15) is 34.1 Å². The number of nitriles is 1. The van der Waals surface area contributed by atoms with Crippen LogP contribution in [0.4, 0.5) is 0 Å². The van der Waals surface area contributed by atoms with E-state index in [1.165, 1.54) is 0 Å². The van der Waals surface area contributed by atoms with E-state index in [0.717, 1.165) is 6.54 Å². The van der Waals surface area contributed by atoms with Gasteiger partial charge in [-0.15, -0.1) is 0 Å². The molecule has 0 saturated heterocycles. The second-order valence-corrected chi connectivity index (χ2v) is 3.86. The van der Waals surface area contributed by atoms with E-state index in [-0.39, 0.29) is 5.91 Å². The van der Waals surface area contributed by atoms with Crippen LogP contribution in [0, 0.1) is 23.2 Å². The molecule has 0 aromatic carbocycles. The molecule has 1 atom stereocenters. The first-order valence-electron chi connectivity index (χ1n) is 5.25. The average molecular weight is 196 g/mol. The van der Waals surface area contributed by atoms with Crippen molar-refractivity contribution in [1.82, 2.24) is 4.90 Å². The third-order valence-electron chi connectivity index (χ3n) is 2.14. The molecular formula is C11H20N2O. The van der Waals surface area contributed by atoms with Crippen LogP contribution >= 0.6 is 0 Å². The Bertz CT molecular complexity index is 218. The summed E-state index contributed by atoms with van der Waals surface area (Å²) in [5.41, 5.74) is 0. The van der Waals surface area contributed by atoms with Crippen molar-refractivity contribution in [3.8, 4) is 6.07 Å². The molecule has 0 rings (SSSR count). The van der Waals surface area contributed by atoms with Crippen LogP contribution in [0.3, 0.4) is 0 Å². The lowest BCUT2D eigenvalue weighted by molar-refractivity contribution is -0.134. The van der Waals surface area contributed by atoms with Crippen molar-refractivity contribution in [3.63, 3.8) is 0 Å². The average Bonchev–Trinajstić information content (AvgIpc) is 2.15. The van der Waals surface area contributed by atoms with Crippen molar-refractivity contribution in [2.45, 2.75) is 34.1 Å². The van der Waals surface area contributed by atoms with Gasteiger partial charge in [-0.2, -0.15) is 5.26 Å². The SMILES string of the molecule is CCC(C#N)C(=O)N(CC)CC(C)C. The van der Waals surface area contributed by atoms with E-state index >= 15 is 0 Å². The van der Waals surface area contributed by atoms with Gasteiger partial charge in [0.15, 0.2) is 0 Å². The number of hydrogen-bond donors (Lipinski definition) is 0. The minimum absolute atomic E-state index is 0.0220. The molecule has 0 spiro atoms. The summed E-state index contributed by atoms with van der Waals surface area (Å²) >= 11 is 0. The fraction of sp³-hybridized carbons (Fsp3) is 0.818. The van der Waals surface area contributed by atoms with Gasteiger partial charge in [0, 0.05) is 13.1 Å². The van der Waals surface area contributed by atoms with Gasteiger partial charge in [-0.3, -0.25) is 4.79 Å². The topological polar surface area (TPSA) is 44.1 Å². The predicted molar refractivity (Wildman–Crippen MR) is 56.5 cm³/mol. The monoisotopic (exact) mass is 196 g/mol. The molecule has 0 aliphatic rings. The summed E-state index contributed by atoms with van der Waals surface area (Å²) in [6.07, 6.45) is 0.601. The number of carbonyl (C=O) groups excluding carboxylic acids is 1. The van der Waals surface area contributed by atoms with Crippen molar-refractivity contribution in [2.24, 2.45) is 11.8 Å². The zero-order valence-corrected chi connectivity index (χ0v) is 9.58. The van der Waals surface area contributed by atoms with Crippen molar-refractivity contribution < 1.29 is 4.79 Å². The van der Waals surface area contributed by atoms with Crippen molar-refractivity contribution in [1.29, 1.82) is 5.26 Å². The zero-order valence-electron chi connectivity index (χ0n) is 9.58. The highest BCUT2D eigenvalue weighted by Crippen LogP contribution is 2.08. The fourth-order valence-corrected chi connectivity index (χ4v) is 1.36. The minimum atomic E-state index is -0.464. The number of rotatable bonds is 5. The van der Waals surface area contributed by atoms with E-state index in [1.54, 1.807) is 4.90 Å². The summed E-state index contributed by atoms with van der Waals surface area (Å²) < 4.78 is 0.